The molecule has 1 aromatic carbocycles. The highest BCUT2D eigenvalue weighted by molar-refractivity contribution is 6.02. The highest BCUT2D eigenvalue weighted by atomic mass is 16.5. The number of amides is 2. The zero-order chi connectivity index (χ0) is 16.2. The molecule has 122 valence electrons. The quantitative estimate of drug-likeness (QED) is 0.628. The van der Waals surface area contributed by atoms with Crippen molar-refractivity contribution in [3.63, 3.8) is 0 Å². The van der Waals surface area contributed by atoms with Gasteiger partial charge >= 0.3 is 0 Å². The molecule has 1 aliphatic heterocycles. The second kappa shape index (κ2) is 6.83. The SMILES string of the molecule is NCCCCOc1ccc2occ(C3CCC(=O)NC3=O)c2c1. The third kappa shape index (κ3) is 3.37. The van der Waals surface area contributed by atoms with Gasteiger partial charge < -0.3 is 14.9 Å². The van der Waals surface area contributed by atoms with Gasteiger partial charge in [0.2, 0.25) is 11.8 Å². The monoisotopic (exact) mass is 316 g/mol. The average molecular weight is 316 g/mol. The predicted octanol–water partition coefficient (Wildman–Crippen LogP) is 2.07. The molecule has 6 heteroatoms. The largest absolute Gasteiger partial charge is 0.494 e. The molecular weight excluding hydrogens is 296 g/mol. The van der Waals surface area contributed by atoms with Gasteiger partial charge in [0, 0.05) is 17.4 Å². The molecule has 2 heterocycles. The molecule has 3 rings (SSSR count). The van der Waals surface area contributed by atoms with E-state index in [1.165, 1.54) is 0 Å². The molecule has 1 unspecified atom stereocenters. The van der Waals surface area contributed by atoms with Crippen molar-refractivity contribution in [2.24, 2.45) is 5.73 Å². The van der Waals surface area contributed by atoms with Crippen LogP contribution in [0.3, 0.4) is 0 Å². The first-order chi connectivity index (χ1) is 11.2. The fourth-order valence-corrected chi connectivity index (χ4v) is 2.81. The van der Waals surface area contributed by atoms with Crippen molar-refractivity contribution in [1.29, 1.82) is 0 Å². The van der Waals surface area contributed by atoms with Crippen LogP contribution in [0.15, 0.2) is 28.9 Å². The van der Waals surface area contributed by atoms with Crippen LogP contribution < -0.4 is 15.8 Å². The average Bonchev–Trinajstić information content (AvgIpc) is 2.95. The summed E-state index contributed by atoms with van der Waals surface area (Å²) in [6, 6.07) is 5.58. The van der Waals surface area contributed by atoms with E-state index in [2.05, 4.69) is 5.32 Å². The van der Waals surface area contributed by atoms with E-state index < -0.39 is 0 Å². The molecule has 1 saturated heterocycles. The van der Waals surface area contributed by atoms with Crippen LogP contribution in [0.4, 0.5) is 0 Å². The molecule has 2 amide bonds. The normalized spacial score (nSPS) is 18.2. The second-order valence-corrected chi connectivity index (χ2v) is 5.70. The van der Waals surface area contributed by atoms with E-state index in [1.54, 1.807) is 6.26 Å². The molecule has 2 aromatic rings. The predicted molar refractivity (Wildman–Crippen MR) is 85.1 cm³/mol. The van der Waals surface area contributed by atoms with E-state index >= 15 is 0 Å². The lowest BCUT2D eigenvalue weighted by atomic mass is 9.90. The maximum absolute atomic E-state index is 12.1. The van der Waals surface area contributed by atoms with Crippen LogP contribution >= 0.6 is 0 Å². The number of unbranched alkanes of at least 4 members (excludes halogenated alkanes) is 1. The van der Waals surface area contributed by atoms with E-state index in [0.29, 0.717) is 31.6 Å². The Kier molecular flexibility index (Phi) is 4.62. The smallest absolute Gasteiger partial charge is 0.234 e. The molecular formula is C17H20N2O4. The van der Waals surface area contributed by atoms with Crippen molar-refractivity contribution in [3.05, 3.63) is 30.0 Å². The Hall–Kier alpha value is -2.34. The Morgan fingerprint density at radius 1 is 1.30 bits per heavy atom. The summed E-state index contributed by atoms with van der Waals surface area (Å²) in [5.41, 5.74) is 6.97. The summed E-state index contributed by atoms with van der Waals surface area (Å²) in [6.07, 6.45) is 4.28. The first-order valence-electron chi connectivity index (χ1n) is 7.86. The van der Waals surface area contributed by atoms with Gasteiger partial charge in [-0.05, 0) is 44.0 Å². The third-order valence-corrected chi connectivity index (χ3v) is 4.06. The minimum atomic E-state index is -0.360. The highest BCUT2D eigenvalue weighted by Gasteiger charge is 2.30. The van der Waals surface area contributed by atoms with E-state index in [-0.39, 0.29) is 17.7 Å². The summed E-state index contributed by atoms with van der Waals surface area (Å²) in [4.78, 5) is 23.4. The summed E-state index contributed by atoms with van der Waals surface area (Å²) in [6.45, 7) is 1.26. The van der Waals surface area contributed by atoms with Crippen molar-refractivity contribution in [3.8, 4) is 5.75 Å². The van der Waals surface area contributed by atoms with Crippen LogP contribution in [0.1, 0.15) is 37.2 Å². The lowest BCUT2D eigenvalue weighted by molar-refractivity contribution is -0.134. The number of ether oxygens (including phenoxy) is 1. The molecule has 1 aliphatic rings. The lowest BCUT2D eigenvalue weighted by Crippen LogP contribution is -2.39. The number of imide groups is 1. The van der Waals surface area contributed by atoms with Gasteiger partial charge in [0.1, 0.15) is 11.3 Å². The number of piperidine rings is 1. The number of benzene rings is 1. The number of furan rings is 1. The number of nitrogens with one attached hydrogen (secondary N) is 1. The summed E-state index contributed by atoms with van der Waals surface area (Å²) < 4.78 is 11.3. The van der Waals surface area contributed by atoms with Crippen LogP contribution in [0.5, 0.6) is 5.75 Å². The molecule has 0 spiro atoms. The van der Waals surface area contributed by atoms with Gasteiger partial charge in [0.15, 0.2) is 0 Å². The molecule has 1 fully saturated rings. The summed E-state index contributed by atoms with van der Waals surface area (Å²) >= 11 is 0. The fraction of sp³-hybridized carbons (Fsp3) is 0.412. The minimum absolute atomic E-state index is 0.219. The molecule has 0 bridgehead atoms. The first kappa shape index (κ1) is 15.6. The number of nitrogens with two attached hydrogens (primary N) is 1. The Bertz CT molecular complexity index is 722. The fourth-order valence-electron chi connectivity index (χ4n) is 2.81. The van der Waals surface area contributed by atoms with Gasteiger partial charge in [-0.2, -0.15) is 0 Å². The van der Waals surface area contributed by atoms with Crippen molar-refractivity contribution in [1.82, 2.24) is 5.32 Å². The van der Waals surface area contributed by atoms with Crippen molar-refractivity contribution in [2.75, 3.05) is 13.2 Å². The molecule has 3 N–H and O–H groups in total. The molecule has 0 aliphatic carbocycles. The van der Waals surface area contributed by atoms with Crippen molar-refractivity contribution in [2.45, 2.75) is 31.6 Å². The Morgan fingerprint density at radius 3 is 2.96 bits per heavy atom. The number of hydrogen-bond acceptors (Lipinski definition) is 5. The standard InChI is InChI=1S/C17H20N2O4/c18-7-1-2-8-22-11-3-5-15-13(9-11)14(10-23-15)12-4-6-16(20)19-17(12)21/h3,5,9-10,12H,1-2,4,6-8,18H2,(H,19,20,21). The zero-order valence-electron chi connectivity index (χ0n) is 12.8. The number of rotatable bonds is 6. The number of hydrogen-bond donors (Lipinski definition) is 2. The van der Waals surface area contributed by atoms with Crippen molar-refractivity contribution >= 4 is 22.8 Å². The van der Waals surface area contributed by atoms with Gasteiger partial charge in [-0.25, -0.2) is 0 Å². The maximum Gasteiger partial charge on any atom is 0.234 e. The summed E-state index contributed by atoms with van der Waals surface area (Å²) in [5.74, 6) is -0.105. The number of carbonyl (C=O) groups is 2. The summed E-state index contributed by atoms with van der Waals surface area (Å²) in [5, 5.41) is 3.24. The third-order valence-electron chi connectivity index (χ3n) is 4.06. The van der Waals surface area contributed by atoms with Crippen LogP contribution in [0.2, 0.25) is 0 Å². The van der Waals surface area contributed by atoms with Crippen LogP contribution in [0, 0.1) is 0 Å². The van der Waals surface area contributed by atoms with Crippen molar-refractivity contribution < 1.29 is 18.7 Å². The Morgan fingerprint density at radius 2 is 2.17 bits per heavy atom. The molecule has 0 radical (unpaired) electrons. The highest BCUT2D eigenvalue weighted by Crippen LogP contribution is 2.34. The molecule has 23 heavy (non-hydrogen) atoms. The maximum atomic E-state index is 12.1. The summed E-state index contributed by atoms with van der Waals surface area (Å²) in [7, 11) is 0. The lowest BCUT2D eigenvalue weighted by Gasteiger charge is -2.19. The van der Waals surface area contributed by atoms with Crippen LogP contribution in [-0.4, -0.2) is 25.0 Å². The van der Waals surface area contributed by atoms with Gasteiger partial charge in [-0.15, -0.1) is 0 Å². The van der Waals surface area contributed by atoms with Gasteiger partial charge in [0.25, 0.3) is 0 Å². The Labute approximate surface area is 134 Å². The molecule has 0 saturated carbocycles. The van der Waals surface area contributed by atoms with E-state index in [0.717, 1.165) is 29.5 Å². The van der Waals surface area contributed by atoms with E-state index in [1.807, 2.05) is 18.2 Å². The minimum Gasteiger partial charge on any atom is -0.494 e. The van der Waals surface area contributed by atoms with Gasteiger partial charge in [-0.3, -0.25) is 14.9 Å². The van der Waals surface area contributed by atoms with E-state index in [4.69, 9.17) is 14.9 Å². The van der Waals surface area contributed by atoms with Gasteiger partial charge in [0.05, 0.1) is 18.8 Å². The van der Waals surface area contributed by atoms with Crippen LogP contribution in [0.25, 0.3) is 11.0 Å². The number of carbonyl (C=O) groups excluding carboxylic acids is 2. The number of fused-ring (bicyclic) bond motifs is 1. The zero-order valence-corrected chi connectivity index (χ0v) is 12.8. The first-order valence-corrected chi connectivity index (χ1v) is 7.86. The van der Waals surface area contributed by atoms with Gasteiger partial charge in [-0.1, -0.05) is 0 Å². The van der Waals surface area contributed by atoms with Crippen LogP contribution in [-0.2, 0) is 9.59 Å². The topological polar surface area (TPSA) is 94.6 Å². The molecule has 1 atom stereocenters. The molecule has 1 aromatic heterocycles. The van der Waals surface area contributed by atoms with E-state index in [9.17, 15) is 9.59 Å². The molecule has 6 nitrogen and oxygen atoms in total. The Balaban J connectivity index is 1.81. The second-order valence-electron chi connectivity index (χ2n) is 5.70.